The topological polar surface area (TPSA) is 68.9 Å². The normalized spacial score (nSPS) is 15.7. The highest BCUT2D eigenvalue weighted by Gasteiger charge is 2.18. The molecule has 1 atom stereocenters. The van der Waals surface area contributed by atoms with Crippen LogP contribution in [-0.2, 0) is 12.8 Å². The highest BCUT2D eigenvalue weighted by Crippen LogP contribution is 2.25. The first-order valence-electron chi connectivity index (χ1n) is 6.96. The van der Waals surface area contributed by atoms with Gasteiger partial charge in [-0.05, 0) is 43.2 Å². The van der Waals surface area contributed by atoms with Gasteiger partial charge in [0, 0.05) is 5.69 Å². The fraction of sp³-hybridized carbons (Fsp3) is 0.600. The molecule has 0 saturated heterocycles. The first-order chi connectivity index (χ1) is 9.15. The lowest BCUT2D eigenvalue weighted by atomic mass is 9.94. The monoisotopic (exact) mass is 259 g/mol. The molecule has 19 heavy (non-hydrogen) atoms. The average molecular weight is 259 g/mol. The second-order valence-corrected chi connectivity index (χ2v) is 5.49. The van der Waals surface area contributed by atoms with Crippen LogP contribution in [0.3, 0.4) is 0 Å². The zero-order chi connectivity index (χ0) is 13.8. The molecule has 1 aliphatic carbocycles. The van der Waals surface area contributed by atoms with Crippen LogP contribution in [0.5, 0.6) is 0 Å². The molecule has 0 unspecified atom stereocenters. The van der Waals surface area contributed by atoms with Gasteiger partial charge in [-0.3, -0.25) is 0 Å². The molecule has 0 aromatic carbocycles. The summed E-state index contributed by atoms with van der Waals surface area (Å²) in [6.07, 6.45) is 4.35. The van der Waals surface area contributed by atoms with Crippen LogP contribution in [0.25, 0.3) is 0 Å². The van der Waals surface area contributed by atoms with Gasteiger partial charge in [-0.1, -0.05) is 13.8 Å². The number of nitrogens with one attached hydrogen (secondary N) is 1. The van der Waals surface area contributed by atoms with E-state index >= 15 is 0 Å². The quantitative estimate of drug-likeness (QED) is 0.870. The molecule has 0 radical (unpaired) electrons. The number of pyridine rings is 1. The van der Waals surface area contributed by atoms with E-state index in [2.05, 4.69) is 16.4 Å². The van der Waals surface area contributed by atoms with Gasteiger partial charge in [0.2, 0.25) is 0 Å². The smallest absolute Gasteiger partial charge is 0.144 e. The van der Waals surface area contributed by atoms with Crippen LogP contribution in [0.4, 0.5) is 5.82 Å². The van der Waals surface area contributed by atoms with Crippen LogP contribution < -0.4 is 5.32 Å². The third kappa shape index (κ3) is 3.05. The lowest BCUT2D eigenvalue weighted by Gasteiger charge is -2.23. The molecule has 0 bridgehead atoms. The summed E-state index contributed by atoms with van der Waals surface area (Å²) in [7, 11) is 0. The molecule has 2 rings (SSSR count). The maximum atomic E-state index is 9.39. The number of aryl methyl sites for hydroxylation is 2. The number of nitriles is 1. The van der Waals surface area contributed by atoms with Gasteiger partial charge in [0.05, 0.1) is 18.2 Å². The van der Waals surface area contributed by atoms with E-state index in [1.54, 1.807) is 0 Å². The fourth-order valence-corrected chi connectivity index (χ4v) is 2.43. The minimum Gasteiger partial charge on any atom is -0.394 e. The minimum atomic E-state index is -0.0683. The Morgan fingerprint density at radius 2 is 2.16 bits per heavy atom. The van der Waals surface area contributed by atoms with Gasteiger partial charge < -0.3 is 10.4 Å². The van der Waals surface area contributed by atoms with Gasteiger partial charge in [0.25, 0.3) is 0 Å². The standard InChI is InChI=1S/C15H21N3O/c1-10(2)14(9-19)18-15-12(8-16)7-11-5-3-4-6-13(11)17-15/h7,10,14,19H,3-6,9H2,1-2H3,(H,17,18)/t14-/m1/s1. The molecular formula is C15H21N3O. The first kappa shape index (κ1) is 13.8. The number of aliphatic hydroxyl groups excluding tert-OH is 1. The van der Waals surface area contributed by atoms with Crippen molar-refractivity contribution >= 4 is 5.82 Å². The van der Waals surface area contributed by atoms with Crippen molar-refractivity contribution in [2.24, 2.45) is 5.92 Å². The number of nitrogens with zero attached hydrogens (tertiary/aromatic N) is 2. The molecule has 1 aromatic heterocycles. The van der Waals surface area contributed by atoms with Gasteiger partial charge >= 0.3 is 0 Å². The maximum Gasteiger partial charge on any atom is 0.144 e. The second-order valence-electron chi connectivity index (χ2n) is 5.49. The van der Waals surface area contributed by atoms with Gasteiger partial charge in [-0.2, -0.15) is 5.26 Å². The van der Waals surface area contributed by atoms with Crippen LogP contribution in [0.1, 0.15) is 43.5 Å². The predicted molar refractivity (Wildman–Crippen MR) is 74.9 cm³/mol. The Morgan fingerprint density at radius 3 is 2.79 bits per heavy atom. The average Bonchev–Trinajstić information content (AvgIpc) is 2.43. The summed E-state index contributed by atoms with van der Waals surface area (Å²) in [6.45, 7) is 4.12. The highest BCUT2D eigenvalue weighted by atomic mass is 16.3. The van der Waals surface area contributed by atoms with E-state index in [4.69, 9.17) is 0 Å². The largest absolute Gasteiger partial charge is 0.394 e. The number of fused-ring (bicyclic) bond motifs is 1. The van der Waals surface area contributed by atoms with Gasteiger partial charge in [-0.25, -0.2) is 4.98 Å². The Balaban J connectivity index is 2.31. The zero-order valence-corrected chi connectivity index (χ0v) is 11.6. The Labute approximate surface area is 114 Å². The molecule has 0 aliphatic heterocycles. The van der Waals surface area contributed by atoms with Gasteiger partial charge in [0.15, 0.2) is 0 Å². The molecule has 2 N–H and O–H groups in total. The van der Waals surface area contributed by atoms with Crippen molar-refractivity contribution in [1.82, 2.24) is 4.98 Å². The molecule has 0 spiro atoms. The molecule has 102 valence electrons. The summed E-state index contributed by atoms with van der Waals surface area (Å²) in [5, 5.41) is 21.9. The van der Waals surface area contributed by atoms with Crippen LogP contribution in [0, 0.1) is 17.2 Å². The van der Waals surface area contributed by atoms with Crippen molar-refractivity contribution in [2.45, 2.75) is 45.6 Å². The van der Waals surface area contributed by atoms with Crippen molar-refractivity contribution in [1.29, 1.82) is 5.26 Å². The first-order valence-corrected chi connectivity index (χ1v) is 6.96. The summed E-state index contributed by atoms with van der Waals surface area (Å²) < 4.78 is 0. The number of hydrogen-bond acceptors (Lipinski definition) is 4. The molecule has 1 aromatic rings. The molecular weight excluding hydrogens is 238 g/mol. The molecule has 4 nitrogen and oxygen atoms in total. The number of anilines is 1. The van der Waals surface area contributed by atoms with Crippen LogP contribution in [0.2, 0.25) is 0 Å². The Bertz CT molecular complexity index is 491. The summed E-state index contributed by atoms with van der Waals surface area (Å²) in [5.74, 6) is 0.908. The zero-order valence-electron chi connectivity index (χ0n) is 11.6. The molecule has 1 heterocycles. The van der Waals surface area contributed by atoms with Crippen LogP contribution in [-0.4, -0.2) is 22.7 Å². The van der Waals surface area contributed by atoms with Crippen molar-refractivity contribution in [3.8, 4) is 6.07 Å². The van der Waals surface area contributed by atoms with E-state index in [9.17, 15) is 10.4 Å². The summed E-state index contributed by atoms with van der Waals surface area (Å²) in [6, 6.07) is 4.10. The van der Waals surface area contributed by atoms with Gasteiger partial charge in [-0.15, -0.1) is 0 Å². The van der Waals surface area contributed by atoms with Gasteiger partial charge in [0.1, 0.15) is 11.9 Å². The molecule has 1 aliphatic rings. The second kappa shape index (κ2) is 6.03. The number of aliphatic hydroxyl groups is 1. The van der Waals surface area contributed by atoms with Crippen molar-refractivity contribution in [2.75, 3.05) is 11.9 Å². The molecule has 0 amide bonds. The molecule has 0 fully saturated rings. The van der Waals surface area contributed by atoms with Crippen molar-refractivity contribution in [3.63, 3.8) is 0 Å². The van der Waals surface area contributed by atoms with E-state index in [-0.39, 0.29) is 18.6 Å². The number of aromatic nitrogens is 1. The predicted octanol–water partition coefficient (Wildman–Crippen LogP) is 2.26. The van der Waals surface area contributed by atoms with E-state index in [1.807, 2.05) is 19.9 Å². The van der Waals surface area contributed by atoms with Crippen molar-refractivity contribution < 1.29 is 5.11 Å². The van der Waals surface area contributed by atoms with Crippen LogP contribution in [0.15, 0.2) is 6.07 Å². The SMILES string of the molecule is CC(C)[C@@H](CO)Nc1nc2c(cc1C#N)CCCC2. The number of rotatable bonds is 4. The highest BCUT2D eigenvalue weighted by molar-refractivity contribution is 5.55. The lowest BCUT2D eigenvalue weighted by Crippen LogP contribution is -2.30. The summed E-state index contributed by atoms with van der Waals surface area (Å²) in [5.41, 5.74) is 2.89. The fourth-order valence-electron chi connectivity index (χ4n) is 2.43. The van der Waals surface area contributed by atoms with E-state index in [1.165, 1.54) is 18.4 Å². The van der Waals surface area contributed by atoms with E-state index < -0.39 is 0 Å². The lowest BCUT2D eigenvalue weighted by molar-refractivity contribution is 0.249. The summed E-state index contributed by atoms with van der Waals surface area (Å²) >= 11 is 0. The number of hydrogen-bond donors (Lipinski definition) is 2. The molecule has 0 saturated carbocycles. The van der Waals surface area contributed by atoms with E-state index in [0.717, 1.165) is 18.5 Å². The third-order valence-corrected chi connectivity index (χ3v) is 3.74. The molecule has 4 heteroatoms. The van der Waals surface area contributed by atoms with Crippen molar-refractivity contribution in [3.05, 3.63) is 22.9 Å². The Hall–Kier alpha value is -1.60. The summed E-state index contributed by atoms with van der Waals surface area (Å²) in [4.78, 5) is 4.61. The third-order valence-electron chi connectivity index (χ3n) is 3.74. The maximum absolute atomic E-state index is 9.39. The minimum absolute atomic E-state index is 0.0430. The van der Waals surface area contributed by atoms with Crippen LogP contribution >= 0.6 is 0 Å². The van der Waals surface area contributed by atoms with E-state index in [0.29, 0.717) is 11.4 Å². The Morgan fingerprint density at radius 1 is 1.42 bits per heavy atom. The Kier molecular flexibility index (Phi) is 4.39.